The summed E-state index contributed by atoms with van der Waals surface area (Å²) in [4.78, 5) is 30.0. The van der Waals surface area contributed by atoms with E-state index in [9.17, 15) is 33.0 Å². The van der Waals surface area contributed by atoms with Crippen LogP contribution in [0.1, 0.15) is 110 Å². The van der Waals surface area contributed by atoms with Crippen LogP contribution in [0.15, 0.2) is 96.6 Å². The van der Waals surface area contributed by atoms with E-state index in [-0.39, 0.29) is 48.6 Å². The highest BCUT2D eigenvalue weighted by Gasteiger charge is 2.57. The minimum absolute atomic E-state index is 0.0334. The smallest absolute Gasteiger partial charge is 0.393 e. The van der Waals surface area contributed by atoms with Gasteiger partial charge in [0.1, 0.15) is 0 Å². The Hall–Kier alpha value is -4.47. The fourth-order valence-corrected chi connectivity index (χ4v) is 8.68. The van der Waals surface area contributed by atoms with E-state index in [1.165, 1.54) is 12.1 Å². The van der Waals surface area contributed by atoms with Crippen LogP contribution in [0.5, 0.6) is 0 Å². The summed E-state index contributed by atoms with van der Waals surface area (Å²) in [5, 5.41) is 29.1. The third kappa shape index (κ3) is 8.27. The van der Waals surface area contributed by atoms with Gasteiger partial charge in [-0.05, 0) is 117 Å². The number of ketones is 1. The molecular formula is C45H51F3N2O4. The summed E-state index contributed by atoms with van der Waals surface area (Å²) < 4.78 is 41.4. The van der Waals surface area contributed by atoms with Gasteiger partial charge in [0, 0.05) is 29.1 Å². The van der Waals surface area contributed by atoms with Crippen LogP contribution in [0.3, 0.4) is 0 Å². The standard InChI is InChI=1S/C45H51F3N2O4/c1-29(2)49-42(53)50(27-34-14-7-12-32-11-5-6-16-37(32)34)28-44(54)23-21-40-38-20-18-31(24-36(51)19-17-30(3)10-9-22-43(40,44)4)25-39(38)41(52)33-13-8-15-35(26-33)45(46,47)48/h5-8,10-16,18,20,25-26,29,36,40,51,54H,9,17,19,21-24,27-28H2,1-4H3,(H,49,53). The summed E-state index contributed by atoms with van der Waals surface area (Å²) in [6, 6.07) is 23.5. The van der Waals surface area contributed by atoms with Crippen molar-refractivity contribution in [2.75, 3.05) is 6.54 Å². The van der Waals surface area contributed by atoms with E-state index in [2.05, 4.69) is 11.4 Å². The van der Waals surface area contributed by atoms with Gasteiger partial charge in [-0.25, -0.2) is 4.79 Å². The molecule has 3 aliphatic carbocycles. The van der Waals surface area contributed by atoms with Crippen molar-refractivity contribution >= 4 is 22.6 Å². The Bertz CT molecular complexity index is 2040. The molecule has 4 atom stereocenters. The normalized spacial score (nSPS) is 23.5. The number of hydrogen-bond donors (Lipinski definition) is 3. The van der Waals surface area contributed by atoms with Crippen LogP contribution in [0, 0.1) is 5.41 Å². The van der Waals surface area contributed by atoms with E-state index < -0.39 is 34.6 Å². The number of rotatable bonds is 7. The van der Waals surface area contributed by atoms with E-state index in [0.717, 1.165) is 34.0 Å². The third-order valence-electron chi connectivity index (χ3n) is 11.8. The molecule has 3 N–H and O–H groups in total. The van der Waals surface area contributed by atoms with Gasteiger partial charge in [-0.2, -0.15) is 13.2 Å². The summed E-state index contributed by atoms with van der Waals surface area (Å²) >= 11 is 0. The second-order valence-corrected chi connectivity index (χ2v) is 16.0. The Morgan fingerprint density at radius 1 is 0.963 bits per heavy atom. The molecule has 2 bridgehead atoms. The Labute approximate surface area is 316 Å². The molecule has 0 saturated heterocycles. The van der Waals surface area contributed by atoms with Crippen LogP contribution in [-0.2, 0) is 19.1 Å². The highest BCUT2D eigenvalue weighted by molar-refractivity contribution is 6.10. The van der Waals surface area contributed by atoms with Gasteiger partial charge in [0.05, 0.1) is 23.8 Å². The number of carbonyl (C=O) groups excluding carboxylic acids is 2. The lowest BCUT2D eigenvalue weighted by Gasteiger charge is -2.46. The van der Waals surface area contributed by atoms with Crippen molar-refractivity contribution < 1.29 is 33.0 Å². The molecule has 0 aliphatic heterocycles. The molecule has 286 valence electrons. The number of carbonyl (C=O) groups is 2. The van der Waals surface area contributed by atoms with Crippen LogP contribution in [0.25, 0.3) is 10.8 Å². The summed E-state index contributed by atoms with van der Waals surface area (Å²) in [5.41, 5.74) is 0.493. The first kappa shape index (κ1) is 39.2. The molecule has 1 saturated carbocycles. The van der Waals surface area contributed by atoms with Crippen molar-refractivity contribution in [1.29, 1.82) is 0 Å². The number of fused-ring (bicyclic) bond motifs is 9. The average molecular weight is 741 g/mol. The minimum atomic E-state index is -4.62. The molecule has 54 heavy (non-hydrogen) atoms. The largest absolute Gasteiger partial charge is 0.416 e. The molecule has 0 radical (unpaired) electrons. The zero-order valence-electron chi connectivity index (χ0n) is 31.5. The number of allylic oxidation sites excluding steroid dienone is 2. The van der Waals surface area contributed by atoms with Gasteiger partial charge in [0.2, 0.25) is 0 Å². The van der Waals surface area contributed by atoms with E-state index in [4.69, 9.17) is 0 Å². The molecule has 1 fully saturated rings. The van der Waals surface area contributed by atoms with Crippen molar-refractivity contribution in [2.24, 2.45) is 5.41 Å². The number of aliphatic hydroxyl groups is 2. The fraction of sp³-hybridized carbons (Fsp3) is 0.422. The maximum Gasteiger partial charge on any atom is 0.416 e. The zero-order chi connectivity index (χ0) is 38.8. The SMILES string of the molecule is CC1=CCCC2(C)C(CCC2(O)CN(Cc2cccc3ccccc23)C(=O)NC(C)C)c2ccc(cc2C(=O)c2cccc(C(F)(F)F)c2)CC(O)CC1. The first-order valence-electron chi connectivity index (χ1n) is 19.0. The lowest BCUT2D eigenvalue weighted by atomic mass is 9.64. The van der Waals surface area contributed by atoms with Crippen LogP contribution in [0.2, 0.25) is 0 Å². The third-order valence-corrected chi connectivity index (χ3v) is 11.8. The number of halogens is 3. The number of hydrogen-bond acceptors (Lipinski definition) is 4. The van der Waals surface area contributed by atoms with E-state index >= 15 is 0 Å². The number of aliphatic hydroxyl groups excluding tert-OH is 1. The number of benzene rings is 4. The predicted octanol–water partition coefficient (Wildman–Crippen LogP) is 9.75. The Balaban J connectivity index is 1.45. The van der Waals surface area contributed by atoms with Gasteiger partial charge >= 0.3 is 12.2 Å². The number of alkyl halides is 3. The number of urea groups is 1. The van der Waals surface area contributed by atoms with Crippen LogP contribution in [-0.4, -0.2) is 51.2 Å². The minimum Gasteiger partial charge on any atom is -0.393 e. The maximum atomic E-state index is 14.4. The van der Waals surface area contributed by atoms with Crippen molar-refractivity contribution in [3.63, 3.8) is 0 Å². The first-order valence-corrected chi connectivity index (χ1v) is 19.0. The van der Waals surface area contributed by atoms with E-state index in [1.807, 2.05) is 82.3 Å². The summed E-state index contributed by atoms with van der Waals surface area (Å²) in [6.07, 6.45) is 0.326. The topological polar surface area (TPSA) is 89.9 Å². The Morgan fingerprint density at radius 2 is 1.70 bits per heavy atom. The van der Waals surface area contributed by atoms with Crippen molar-refractivity contribution in [3.05, 3.63) is 130 Å². The Morgan fingerprint density at radius 3 is 2.46 bits per heavy atom. The molecule has 0 heterocycles. The molecule has 4 unspecified atom stereocenters. The predicted molar refractivity (Wildman–Crippen MR) is 206 cm³/mol. The highest BCUT2D eigenvalue weighted by Crippen LogP contribution is 2.59. The molecule has 7 rings (SSSR count). The molecule has 4 aromatic rings. The van der Waals surface area contributed by atoms with Gasteiger partial charge in [-0.15, -0.1) is 0 Å². The molecule has 4 aromatic carbocycles. The van der Waals surface area contributed by atoms with Gasteiger partial charge < -0.3 is 20.4 Å². The van der Waals surface area contributed by atoms with E-state index in [1.54, 1.807) is 11.0 Å². The van der Waals surface area contributed by atoms with Gasteiger partial charge in [0.15, 0.2) is 5.78 Å². The molecule has 0 aromatic heterocycles. The molecule has 0 spiro atoms. The number of nitrogens with zero attached hydrogens (tertiary/aromatic N) is 1. The van der Waals surface area contributed by atoms with Gasteiger partial charge in [0.25, 0.3) is 0 Å². The number of amides is 2. The quantitative estimate of drug-likeness (QED) is 0.130. The molecule has 3 aliphatic rings. The number of nitrogens with one attached hydrogen (secondary N) is 1. The molecule has 9 heteroatoms. The molecule has 2 amide bonds. The lowest BCUT2D eigenvalue weighted by molar-refractivity contribution is -0.137. The van der Waals surface area contributed by atoms with Crippen LogP contribution in [0.4, 0.5) is 18.0 Å². The monoisotopic (exact) mass is 740 g/mol. The highest BCUT2D eigenvalue weighted by atomic mass is 19.4. The molecule has 6 nitrogen and oxygen atoms in total. The van der Waals surface area contributed by atoms with Crippen molar-refractivity contribution in [3.8, 4) is 0 Å². The maximum absolute atomic E-state index is 14.4. The molecular weight excluding hydrogens is 689 g/mol. The average Bonchev–Trinajstić information content (AvgIpc) is 3.38. The van der Waals surface area contributed by atoms with E-state index in [0.29, 0.717) is 49.7 Å². The van der Waals surface area contributed by atoms with Crippen molar-refractivity contribution in [2.45, 2.75) is 109 Å². The van der Waals surface area contributed by atoms with Crippen LogP contribution < -0.4 is 5.32 Å². The van der Waals surface area contributed by atoms with Gasteiger partial charge in [-0.1, -0.05) is 85.3 Å². The van der Waals surface area contributed by atoms with Crippen LogP contribution >= 0.6 is 0 Å². The lowest BCUT2D eigenvalue weighted by Crippen LogP contribution is -2.55. The zero-order valence-corrected chi connectivity index (χ0v) is 31.5. The summed E-state index contributed by atoms with van der Waals surface area (Å²) in [7, 11) is 0. The Kier molecular flexibility index (Phi) is 11.4. The summed E-state index contributed by atoms with van der Waals surface area (Å²) in [5.74, 6) is -0.905. The second-order valence-electron chi connectivity index (χ2n) is 16.0. The van der Waals surface area contributed by atoms with Gasteiger partial charge in [-0.3, -0.25) is 4.79 Å². The van der Waals surface area contributed by atoms with Crippen molar-refractivity contribution in [1.82, 2.24) is 10.2 Å². The fourth-order valence-electron chi connectivity index (χ4n) is 8.68. The first-order chi connectivity index (χ1) is 25.6. The second kappa shape index (κ2) is 15.7. The summed E-state index contributed by atoms with van der Waals surface area (Å²) in [6.45, 7) is 8.17.